The monoisotopic (exact) mass is 330 g/mol. The average molecular weight is 330 g/mol. The number of fused-ring (bicyclic) bond motifs is 2. The van der Waals surface area contributed by atoms with Gasteiger partial charge in [-0.25, -0.2) is 4.98 Å². The SMILES string of the molecule is O=c1[nH]c(N2CCc3ccccc32)nc2nccc(-c3ccco3)c12. The van der Waals surface area contributed by atoms with Crippen LogP contribution in [0.2, 0.25) is 0 Å². The molecule has 25 heavy (non-hydrogen) atoms. The Morgan fingerprint density at radius 1 is 1.12 bits per heavy atom. The number of anilines is 2. The minimum absolute atomic E-state index is 0.219. The highest BCUT2D eigenvalue weighted by Gasteiger charge is 2.23. The second-order valence-corrected chi connectivity index (χ2v) is 5.95. The van der Waals surface area contributed by atoms with E-state index < -0.39 is 0 Å². The summed E-state index contributed by atoms with van der Waals surface area (Å²) in [7, 11) is 0. The van der Waals surface area contributed by atoms with Crippen LogP contribution in [0.15, 0.2) is 64.1 Å². The van der Waals surface area contributed by atoms with Gasteiger partial charge in [0.15, 0.2) is 5.65 Å². The molecule has 4 heterocycles. The third-order valence-electron chi connectivity index (χ3n) is 4.52. The van der Waals surface area contributed by atoms with E-state index in [-0.39, 0.29) is 5.56 Å². The number of H-pyrrole nitrogens is 1. The standard InChI is InChI=1S/C19H14N4O2/c24-18-16-13(15-6-3-11-25-15)7-9-20-17(16)21-19(22-18)23-10-8-12-4-1-2-5-14(12)23/h1-7,9,11H,8,10H2,(H,20,21,22,24). The lowest BCUT2D eigenvalue weighted by atomic mass is 10.1. The van der Waals surface area contributed by atoms with E-state index in [0.29, 0.717) is 28.3 Å². The molecular weight excluding hydrogens is 316 g/mol. The van der Waals surface area contributed by atoms with Crippen molar-refractivity contribution >= 4 is 22.7 Å². The molecule has 6 nitrogen and oxygen atoms in total. The van der Waals surface area contributed by atoms with Gasteiger partial charge in [0.2, 0.25) is 5.95 Å². The molecule has 6 heteroatoms. The fourth-order valence-corrected chi connectivity index (χ4v) is 3.37. The van der Waals surface area contributed by atoms with Crippen LogP contribution >= 0.6 is 0 Å². The van der Waals surface area contributed by atoms with E-state index in [1.54, 1.807) is 24.6 Å². The van der Waals surface area contributed by atoms with Crippen molar-refractivity contribution < 1.29 is 4.42 Å². The summed E-state index contributed by atoms with van der Waals surface area (Å²) in [5, 5.41) is 0.439. The molecule has 0 radical (unpaired) electrons. The first-order valence-electron chi connectivity index (χ1n) is 8.09. The maximum Gasteiger partial charge on any atom is 0.262 e. The first kappa shape index (κ1) is 14.0. The Morgan fingerprint density at radius 3 is 2.92 bits per heavy atom. The highest BCUT2D eigenvalue weighted by atomic mass is 16.3. The van der Waals surface area contributed by atoms with Crippen molar-refractivity contribution in [3.8, 4) is 11.3 Å². The Labute approximate surface area is 142 Å². The third kappa shape index (κ3) is 2.15. The molecule has 0 amide bonds. The van der Waals surface area contributed by atoms with Crippen LogP contribution in [0.1, 0.15) is 5.56 Å². The smallest absolute Gasteiger partial charge is 0.262 e. The van der Waals surface area contributed by atoms with Gasteiger partial charge in [-0.1, -0.05) is 18.2 Å². The lowest BCUT2D eigenvalue weighted by Crippen LogP contribution is -2.21. The maximum atomic E-state index is 12.8. The molecule has 122 valence electrons. The quantitative estimate of drug-likeness (QED) is 0.610. The molecule has 0 atom stereocenters. The van der Waals surface area contributed by atoms with Gasteiger partial charge in [-0.3, -0.25) is 9.78 Å². The first-order chi connectivity index (χ1) is 12.3. The molecule has 1 aliphatic rings. The molecule has 1 N–H and O–H groups in total. The Hall–Kier alpha value is -3.41. The van der Waals surface area contributed by atoms with Crippen molar-refractivity contribution in [2.75, 3.05) is 11.4 Å². The second kappa shape index (κ2) is 5.31. The number of nitrogens with zero attached hydrogens (tertiary/aromatic N) is 3. The Balaban J connectivity index is 1.70. The van der Waals surface area contributed by atoms with Crippen molar-refractivity contribution in [2.45, 2.75) is 6.42 Å². The predicted molar refractivity (Wildman–Crippen MR) is 95.0 cm³/mol. The topological polar surface area (TPSA) is 75.0 Å². The average Bonchev–Trinajstić information content (AvgIpc) is 3.31. The fraction of sp³-hybridized carbons (Fsp3) is 0.105. The Bertz CT molecular complexity index is 1130. The largest absolute Gasteiger partial charge is 0.464 e. The third-order valence-corrected chi connectivity index (χ3v) is 4.52. The Kier molecular flexibility index (Phi) is 2.97. The number of hydrogen-bond donors (Lipinski definition) is 1. The number of nitrogens with one attached hydrogen (secondary N) is 1. The number of hydrogen-bond acceptors (Lipinski definition) is 5. The van der Waals surface area contributed by atoms with Gasteiger partial charge in [-0.15, -0.1) is 0 Å². The van der Waals surface area contributed by atoms with Crippen molar-refractivity contribution in [1.82, 2.24) is 15.0 Å². The van der Waals surface area contributed by atoms with Gasteiger partial charge in [0.1, 0.15) is 5.76 Å². The molecular formula is C19H14N4O2. The van der Waals surface area contributed by atoms with E-state index in [9.17, 15) is 4.79 Å². The molecule has 1 aliphatic heterocycles. The molecule has 5 rings (SSSR count). The number of aromatic amines is 1. The van der Waals surface area contributed by atoms with Crippen LogP contribution in [0.25, 0.3) is 22.4 Å². The number of pyridine rings is 1. The molecule has 1 aromatic carbocycles. The van der Waals surface area contributed by atoms with Gasteiger partial charge in [0.25, 0.3) is 5.56 Å². The van der Waals surface area contributed by atoms with Gasteiger partial charge in [0, 0.05) is 24.0 Å². The van der Waals surface area contributed by atoms with Crippen molar-refractivity contribution in [1.29, 1.82) is 0 Å². The van der Waals surface area contributed by atoms with Crippen LogP contribution in [-0.4, -0.2) is 21.5 Å². The van der Waals surface area contributed by atoms with Gasteiger partial charge in [0.05, 0.1) is 11.6 Å². The zero-order valence-electron chi connectivity index (χ0n) is 13.3. The van der Waals surface area contributed by atoms with E-state index in [2.05, 4.69) is 21.0 Å². The molecule has 0 unspecified atom stereocenters. The summed E-state index contributed by atoms with van der Waals surface area (Å²) in [6.45, 7) is 0.783. The molecule has 4 aromatic rings. The summed E-state index contributed by atoms with van der Waals surface area (Å²) >= 11 is 0. The molecule has 0 aliphatic carbocycles. The van der Waals surface area contributed by atoms with Crippen molar-refractivity contribution in [2.24, 2.45) is 0 Å². The van der Waals surface area contributed by atoms with E-state index in [1.807, 2.05) is 29.2 Å². The van der Waals surface area contributed by atoms with Crippen LogP contribution in [0.5, 0.6) is 0 Å². The molecule has 0 bridgehead atoms. The summed E-state index contributed by atoms with van der Waals surface area (Å²) in [6, 6.07) is 13.5. The van der Waals surface area contributed by atoms with Crippen molar-refractivity contribution in [3.63, 3.8) is 0 Å². The normalized spacial score (nSPS) is 13.4. The summed E-state index contributed by atoms with van der Waals surface area (Å²) in [5.74, 6) is 1.14. The van der Waals surface area contributed by atoms with Crippen LogP contribution in [0.3, 0.4) is 0 Å². The highest BCUT2D eigenvalue weighted by molar-refractivity contribution is 5.90. The number of aromatic nitrogens is 3. The highest BCUT2D eigenvalue weighted by Crippen LogP contribution is 2.32. The van der Waals surface area contributed by atoms with Crippen LogP contribution in [-0.2, 0) is 6.42 Å². The summed E-state index contributed by atoms with van der Waals surface area (Å²) < 4.78 is 5.44. The van der Waals surface area contributed by atoms with Gasteiger partial charge in [-0.05, 0) is 36.2 Å². The zero-order valence-corrected chi connectivity index (χ0v) is 13.3. The lowest BCUT2D eigenvalue weighted by molar-refractivity contribution is 0.583. The molecule has 0 saturated heterocycles. The number of rotatable bonds is 2. The maximum absolute atomic E-state index is 12.8. The van der Waals surface area contributed by atoms with Crippen LogP contribution in [0.4, 0.5) is 11.6 Å². The van der Waals surface area contributed by atoms with Gasteiger partial charge in [-0.2, -0.15) is 4.98 Å². The first-order valence-corrected chi connectivity index (χ1v) is 8.09. The van der Waals surface area contributed by atoms with E-state index in [0.717, 1.165) is 18.7 Å². The van der Waals surface area contributed by atoms with E-state index in [4.69, 9.17) is 4.42 Å². The van der Waals surface area contributed by atoms with Gasteiger partial charge < -0.3 is 9.32 Å². The summed E-state index contributed by atoms with van der Waals surface area (Å²) in [5.41, 5.74) is 3.22. The van der Waals surface area contributed by atoms with Crippen LogP contribution in [0, 0.1) is 0 Å². The van der Waals surface area contributed by atoms with Gasteiger partial charge >= 0.3 is 0 Å². The predicted octanol–water partition coefficient (Wildman–Crippen LogP) is 3.27. The zero-order chi connectivity index (χ0) is 16.8. The summed E-state index contributed by atoms with van der Waals surface area (Å²) in [4.78, 5) is 26.6. The molecule has 3 aromatic heterocycles. The molecule has 0 spiro atoms. The van der Waals surface area contributed by atoms with Crippen molar-refractivity contribution in [3.05, 3.63) is 70.8 Å². The number of furan rings is 1. The van der Waals surface area contributed by atoms with E-state index in [1.165, 1.54) is 5.56 Å². The minimum atomic E-state index is -0.219. The second-order valence-electron chi connectivity index (χ2n) is 5.95. The number of benzene rings is 1. The molecule has 0 saturated carbocycles. The number of para-hydroxylation sites is 1. The lowest BCUT2D eigenvalue weighted by Gasteiger charge is -2.18. The minimum Gasteiger partial charge on any atom is -0.464 e. The van der Waals surface area contributed by atoms with Crippen LogP contribution < -0.4 is 10.5 Å². The summed E-state index contributed by atoms with van der Waals surface area (Å²) in [6.07, 6.45) is 4.16. The Morgan fingerprint density at radius 2 is 2.04 bits per heavy atom. The molecule has 0 fully saturated rings. The van der Waals surface area contributed by atoms with E-state index >= 15 is 0 Å². The fourth-order valence-electron chi connectivity index (χ4n) is 3.37.